The molecule has 0 atom stereocenters. The van der Waals surface area contributed by atoms with E-state index in [1.807, 2.05) is 61.5 Å². The summed E-state index contributed by atoms with van der Waals surface area (Å²) in [5, 5.41) is 7.38. The number of rotatable bonds is 10. The Morgan fingerprint density at radius 1 is 0.975 bits per heavy atom. The number of nitrogens with zero attached hydrogens (tertiary/aromatic N) is 1. The molecule has 0 spiro atoms. The van der Waals surface area contributed by atoms with Crippen molar-refractivity contribution in [2.75, 3.05) is 18.5 Å². The van der Waals surface area contributed by atoms with Gasteiger partial charge in [0.25, 0.3) is 0 Å². The highest BCUT2D eigenvalue weighted by Crippen LogP contribution is 2.49. The van der Waals surface area contributed by atoms with E-state index in [2.05, 4.69) is 10.5 Å². The Balaban J connectivity index is 1.19. The number of nitrogens with one attached hydrogen (secondary N) is 1. The molecule has 0 unspecified atom stereocenters. The molecule has 9 heteroatoms. The number of halogens is 1. The number of aromatic nitrogens is 1. The lowest BCUT2D eigenvalue weighted by molar-refractivity contribution is -0.146. The first-order valence-electron chi connectivity index (χ1n) is 13.1. The lowest BCUT2D eigenvalue weighted by Gasteiger charge is -2.15. The first kappa shape index (κ1) is 27.3. The fourth-order valence-corrected chi connectivity index (χ4v) is 4.69. The summed E-state index contributed by atoms with van der Waals surface area (Å²) in [5.41, 5.74) is 2.99. The molecule has 0 aliphatic heterocycles. The van der Waals surface area contributed by atoms with E-state index in [9.17, 15) is 9.59 Å². The summed E-state index contributed by atoms with van der Waals surface area (Å²) in [6.07, 6.45) is 1.48. The van der Waals surface area contributed by atoms with E-state index in [4.69, 9.17) is 30.3 Å². The van der Waals surface area contributed by atoms with Crippen molar-refractivity contribution in [3.05, 3.63) is 94.6 Å². The number of anilines is 1. The standard InChI is InChI=1S/C31H29ClN2O6/c1-3-37-29(35)31(17-18-31)23-10-14-25(15-11-23)39-24-12-8-22(9-13-24)28-27(20(2)34-40-28)33-30(36)38-19-16-21-6-4-5-7-26(21)32/h4-15H,3,16-19H2,1-2H3,(H,33,36). The van der Waals surface area contributed by atoms with Crippen molar-refractivity contribution in [3.8, 4) is 22.8 Å². The fourth-order valence-electron chi connectivity index (χ4n) is 4.46. The summed E-state index contributed by atoms with van der Waals surface area (Å²) < 4.78 is 22.1. The highest BCUT2D eigenvalue weighted by atomic mass is 35.5. The molecule has 1 N–H and O–H groups in total. The Kier molecular flexibility index (Phi) is 8.07. The zero-order valence-corrected chi connectivity index (χ0v) is 23.0. The van der Waals surface area contributed by atoms with E-state index in [0.717, 1.165) is 24.0 Å². The molecule has 206 valence electrons. The van der Waals surface area contributed by atoms with Gasteiger partial charge in [-0.15, -0.1) is 0 Å². The van der Waals surface area contributed by atoms with Crippen LogP contribution in [0.4, 0.5) is 10.5 Å². The fraction of sp³-hybridized carbons (Fsp3) is 0.258. The third kappa shape index (κ3) is 5.97. The highest BCUT2D eigenvalue weighted by molar-refractivity contribution is 6.31. The van der Waals surface area contributed by atoms with Gasteiger partial charge in [-0.1, -0.05) is 47.1 Å². The van der Waals surface area contributed by atoms with Crippen molar-refractivity contribution in [2.45, 2.75) is 38.5 Å². The van der Waals surface area contributed by atoms with Crippen molar-refractivity contribution in [1.82, 2.24) is 5.16 Å². The zero-order chi connectivity index (χ0) is 28.1. The number of aryl methyl sites for hydroxylation is 1. The Hall–Kier alpha value is -4.30. The lowest BCUT2D eigenvalue weighted by Crippen LogP contribution is -2.23. The maximum absolute atomic E-state index is 12.5. The van der Waals surface area contributed by atoms with Gasteiger partial charge in [0.1, 0.15) is 22.9 Å². The second-order valence-electron chi connectivity index (χ2n) is 9.53. The molecule has 1 fully saturated rings. The molecule has 0 bridgehead atoms. The number of benzene rings is 3. The molecule has 4 aromatic rings. The van der Waals surface area contributed by atoms with E-state index in [-0.39, 0.29) is 12.6 Å². The van der Waals surface area contributed by atoms with Gasteiger partial charge in [0, 0.05) is 17.0 Å². The summed E-state index contributed by atoms with van der Waals surface area (Å²) in [6, 6.07) is 22.2. The monoisotopic (exact) mass is 560 g/mol. The summed E-state index contributed by atoms with van der Waals surface area (Å²) in [5.74, 6) is 1.51. The predicted octanol–water partition coefficient (Wildman–Crippen LogP) is 7.48. The van der Waals surface area contributed by atoms with Crippen LogP contribution in [-0.2, 0) is 26.1 Å². The molecule has 40 heavy (non-hydrogen) atoms. The van der Waals surface area contributed by atoms with E-state index in [1.165, 1.54) is 0 Å². The second-order valence-corrected chi connectivity index (χ2v) is 9.94. The minimum atomic E-state index is -0.612. The maximum Gasteiger partial charge on any atom is 0.411 e. The maximum atomic E-state index is 12.5. The Morgan fingerprint density at radius 3 is 2.30 bits per heavy atom. The van der Waals surface area contributed by atoms with Crippen LogP contribution in [0.5, 0.6) is 11.5 Å². The van der Waals surface area contributed by atoms with Crippen LogP contribution in [0.1, 0.15) is 36.6 Å². The van der Waals surface area contributed by atoms with Crippen molar-refractivity contribution in [3.63, 3.8) is 0 Å². The molecule has 5 rings (SSSR count). The molecular formula is C31H29ClN2O6. The Labute approximate surface area is 237 Å². The van der Waals surface area contributed by atoms with E-state index < -0.39 is 11.5 Å². The molecule has 8 nitrogen and oxygen atoms in total. The number of ether oxygens (including phenoxy) is 3. The number of amides is 1. The van der Waals surface area contributed by atoms with E-state index in [1.54, 1.807) is 25.1 Å². The van der Waals surface area contributed by atoms with Crippen molar-refractivity contribution >= 4 is 29.4 Å². The quantitative estimate of drug-likeness (QED) is 0.201. The first-order chi connectivity index (χ1) is 19.4. The Bertz CT molecular complexity index is 1490. The molecule has 1 heterocycles. The number of esters is 1. The predicted molar refractivity (Wildman–Crippen MR) is 151 cm³/mol. The van der Waals surface area contributed by atoms with Gasteiger partial charge in [-0.05, 0) is 80.3 Å². The third-order valence-electron chi connectivity index (χ3n) is 6.83. The summed E-state index contributed by atoms with van der Waals surface area (Å²) in [7, 11) is 0. The van der Waals surface area contributed by atoms with Crippen LogP contribution in [0.2, 0.25) is 5.02 Å². The van der Waals surface area contributed by atoms with Gasteiger partial charge in [0.15, 0.2) is 5.76 Å². The molecule has 1 saturated carbocycles. The van der Waals surface area contributed by atoms with Gasteiger partial charge in [-0.25, -0.2) is 4.79 Å². The lowest BCUT2D eigenvalue weighted by atomic mass is 9.96. The summed E-state index contributed by atoms with van der Waals surface area (Å²) in [6.45, 7) is 4.10. The molecule has 0 radical (unpaired) electrons. The molecule has 1 aliphatic carbocycles. The molecule has 3 aromatic carbocycles. The van der Waals surface area contributed by atoms with Crippen LogP contribution in [-0.4, -0.2) is 30.4 Å². The summed E-state index contributed by atoms with van der Waals surface area (Å²) >= 11 is 6.16. The van der Waals surface area contributed by atoms with Crippen molar-refractivity contribution in [2.24, 2.45) is 0 Å². The average Bonchev–Trinajstić information content (AvgIpc) is 3.70. The van der Waals surface area contributed by atoms with Crippen molar-refractivity contribution < 1.29 is 28.3 Å². The van der Waals surface area contributed by atoms with Gasteiger partial charge in [-0.2, -0.15) is 0 Å². The molecule has 1 aromatic heterocycles. The number of carbonyl (C=O) groups excluding carboxylic acids is 2. The SMILES string of the molecule is CCOC(=O)C1(c2ccc(Oc3ccc(-c4onc(C)c4NC(=O)OCCc4ccccc4Cl)cc3)cc2)CC1. The first-order valence-corrected chi connectivity index (χ1v) is 13.5. The number of hydrogen-bond acceptors (Lipinski definition) is 7. The molecular weight excluding hydrogens is 532 g/mol. The van der Waals surface area contributed by atoms with Gasteiger partial charge >= 0.3 is 12.1 Å². The van der Waals surface area contributed by atoms with Crippen molar-refractivity contribution in [1.29, 1.82) is 0 Å². The van der Waals surface area contributed by atoms with Crippen LogP contribution >= 0.6 is 11.6 Å². The normalized spacial score (nSPS) is 13.4. The van der Waals surface area contributed by atoms with Crippen LogP contribution in [0.25, 0.3) is 11.3 Å². The topological polar surface area (TPSA) is 99.9 Å². The van der Waals surface area contributed by atoms with Gasteiger partial charge in [-0.3, -0.25) is 10.1 Å². The largest absolute Gasteiger partial charge is 0.465 e. The minimum Gasteiger partial charge on any atom is -0.465 e. The molecule has 1 aliphatic rings. The van der Waals surface area contributed by atoms with E-state index >= 15 is 0 Å². The van der Waals surface area contributed by atoms with Crippen LogP contribution < -0.4 is 10.1 Å². The zero-order valence-electron chi connectivity index (χ0n) is 22.2. The summed E-state index contributed by atoms with van der Waals surface area (Å²) in [4.78, 5) is 24.8. The van der Waals surface area contributed by atoms with Crippen LogP contribution in [0, 0.1) is 6.92 Å². The smallest absolute Gasteiger partial charge is 0.411 e. The number of hydrogen-bond donors (Lipinski definition) is 1. The van der Waals surface area contributed by atoms with E-state index in [0.29, 0.717) is 52.3 Å². The van der Waals surface area contributed by atoms with Crippen LogP contribution in [0.3, 0.4) is 0 Å². The van der Waals surface area contributed by atoms with Gasteiger partial charge < -0.3 is 18.7 Å². The van der Waals surface area contributed by atoms with Crippen LogP contribution in [0.15, 0.2) is 77.3 Å². The second kappa shape index (κ2) is 11.8. The number of carbonyl (C=O) groups is 2. The molecule has 1 amide bonds. The minimum absolute atomic E-state index is 0.166. The highest BCUT2D eigenvalue weighted by Gasteiger charge is 2.52. The Morgan fingerprint density at radius 2 is 1.65 bits per heavy atom. The van der Waals surface area contributed by atoms with Gasteiger partial charge in [0.2, 0.25) is 0 Å². The molecule has 0 saturated heterocycles. The third-order valence-corrected chi connectivity index (χ3v) is 7.20. The van der Waals surface area contributed by atoms with Gasteiger partial charge in [0.05, 0.1) is 18.6 Å². The average molecular weight is 561 g/mol.